The van der Waals surface area contributed by atoms with Crippen LogP contribution in [0.25, 0.3) is 0 Å². The molecule has 0 aliphatic heterocycles. The van der Waals surface area contributed by atoms with Crippen molar-refractivity contribution in [2.24, 2.45) is 10.9 Å². The number of amidine groups is 1. The summed E-state index contributed by atoms with van der Waals surface area (Å²) in [6.07, 6.45) is 1.61. The lowest BCUT2D eigenvalue weighted by molar-refractivity contribution is 0.316. The maximum absolute atomic E-state index is 8.28. The first-order valence-corrected chi connectivity index (χ1v) is 3.97. The van der Waals surface area contributed by atoms with Crippen LogP contribution in [0.15, 0.2) is 28.0 Å². The number of oxime groups is 1. The molecule has 0 bridgehead atoms. The van der Waals surface area contributed by atoms with Gasteiger partial charge in [-0.25, -0.2) is 0 Å². The Kier molecular flexibility index (Phi) is 3.33. The van der Waals surface area contributed by atoms with Crippen LogP contribution in [0.4, 0.5) is 0 Å². The lowest BCUT2D eigenvalue weighted by Gasteiger charge is -2.09. The average Bonchev–Trinajstić information content (AvgIpc) is 2.66. The number of hydrogen-bond acceptors (Lipinski definition) is 4. The molecule has 1 rings (SSSR count). The van der Waals surface area contributed by atoms with Crippen molar-refractivity contribution < 1.29 is 9.62 Å². The molecule has 72 valence electrons. The van der Waals surface area contributed by atoms with E-state index in [1.165, 1.54) is 0 Å². The van der Waals surface area contributed by atoms with Gasteiger partial charge in [0.05, 0.1) is 18.8 Å². The van der Waals surface area contributed by atoms with Crippen LogP contribution in [0.2, 0.25) is 0 Å². The summed E-state index contributed by atoms with van der Waals surface area (Å²) in [4.78, 5) is 0. The summed E-state index contributed by atoms with van der Waals surface area (Å²) in [5.74, 6) is 0.976. The SMILES string of the molecule is C[C@H](NC/C(N)=N/O)c1ccco1. The van der Waals surface area contributed by atoms with Crippen molar-refractivity contribution >= 4 is 5.84 Å². The molecule has 0 unspecified atom stereocenters. The normalized spacial score (nSPS) is 14.4. The van der Waals surface area contributed by atoms with E-state index < -0.39 is 0 Å². The molecule has 0 aliphatic rings. The van der Waals surface area contributed by atoms with Gasteiger partial charge >= 0.3 is 0 Å². The van der Waals surface area contributed by atoms with Crippen LogP contribution in [0.5, 0.6) is 0 Å². The molecule has 0 spiro atoms. The van der Waals surface area contributed by atoms with Gasteiger partial charge < -0.3 is 20.7 Å². The second-order valence-corrected chi connectivity index (χ2v) is 2.71. The topological polar surface area (TPSA) is 83.8 Å². The van der Waals surface area contributed by atoms with Crippen molar-refractivity contribution in [2.45, 2.75) is 13.0 Å². The fourth-order valence-electron chi connectivity index (χ4n) is 0.931. The van der Waals surface area contributed by atoms with Crippen molar-refractivity contribution in [3.8, 4) is 0 Å². The fraction of sp³-hybridized carbons (Fsp3) is 0.375. The van der Waals surface area contributed by atoms with Gasteiger partial charge in [-0.05, 0) is 19.1 Å². The van der Waals surface area contributed by atoms with Crippen LogP contribution in [0, 0.1) is 0 Å². The molecule has 5 heteroatoms. The smallest absolute Gasteiger partial charge is 0.153 e. The van der Waals surface area contributed by atoms with E-state index in [0.717, 1.165) is 5.76 Å². The lowest BCUT2D eigenvalue weighted by atomic mass is 10.2. The van der Waals surface area contributed by atoms with E-state index in [9.17, 15) is 0 Å². The molecule has 0 amide bonds. The molecule has 0 aromatic carbocycles. The summed E-state index contributed by atoms with van der Waals surface area (Å²) in [7, 11) is 0. The minimum absolute atomic E-state index is 0.0512. The zero-order valence-electron chi connectivity index (χ0n) is 7.40. The Morgan fingerprint density at radius 3 is 3.15 bits per heavy atom. The van der Waals surface area contributed by atoms with E-state index in [1.54, 1.807) is 6.26 Å². The molecular formula is C8H13N3O2. The predicted octanol–water partition coefficient (Wildman–Crippen LogP) is 0.677. The van der Waals surface area contributed by atoms with Crippen molar-refractivity contribution in [1.29, 1.82) is 0 Å². The third-order valence-corrected chi connectivity index (χ3v) is 1.69. The van der Waals surface area contributed by atoms with E-state index in [4.69, 9.17) is 15.4 Å². The molecule has 1 atom stereocenters. The van der Waals surface area contributed by atoms with Gasteiger partial charge in [0, 0.05) is 0 Å². The van der Waals surface area contributed by atoms with Gasteiger partial charge in [-0.15, -0.1) is 0 Å². The molecule has 1 aromatic rings. The average molecular weight is 183 g/mol. The molecule has 0 saturated heterocycles. The van der Waals surface area contributed by atoms with E-state index >= 15 is 0 Å². The third kappa shape index (κ3) is 2.79. The van der Waals surface area contributed by atoms with Crippen LogP contribution in [-0.2, 0) is 0 Å². The maximum Gasteiger partial charge on any atom is 0.153 e. The van der Waals surface area contributed by atoms with Gasteiger partial charge in [0.1, 0.15) is 5.76 Å². The van der Waals surface area contributed by atoms with Crippen LogP contribution < -0.4 is 11.1 Å². The summed E-state index contributed by atoms with van der Waals surface area (Å²) in [5, 5.41) is 14.1. The van der Waals surface area contributed by atoms with Gasteiger partial charge in [-0.1, -0.05) is 5.16 Å². The Labute approximate surface area is 76.2 Å². The number of nitrogens with zero attached hydrogens (tertiary/aromatic N) is 1. The number of hydrogen-bond donors (Lipinski definition) is 3. The number of rotatable bonds is 4. The molecule has 13 heavy (non-hydrogen) atoms. The standard InChI is InChI=1S/C8H13N3O2/c1-6(7-3-2-4-13-7)10-5-8(9)11-12/h2-4,6,10,12H,5H2,1H3,(H2,9,11)/t6-/m0/s1. The zero-order valence-corrected chi connectivity index (χ0v) is 7.40. The van der Waals surface area contributed by atoms with Gasteiger partial charge in [-0.3, -0.25) is 0 Å². The third-order valence-electron chi connectivity index (χ3n) is 1.69. The van der Waals surface area contributed by atoms with Crippen LogP contribution in [0.1, 0.15) is 18.7 Å². The van der Waals surface area contributed by atoms with Crippen molar-refractivity contribution in [1.82, 2.24) is 5.32 Å². The first kappa shape index (κ1) is 9.60. The largest absolute Gasteiger partial charge is 0.468 e. The molecule has 1 heterocycles. The van der Waals surface area contributed by atoms with Crippen molar-refractivity contribution in [2.75, 3.05) is 6.54 Å². The zero-order chi connectivity index (χ0) is 9.68. The summed E-state index contributed by atoms with van der Waals surface area (Å²) in [6.45, 7) is 2.27. The quantitative estimate of drug-likeness (QED) is 0.277. The van der Waals surface area contributed by atoms with E-state index in [2.05, 4.69) is 10.5 Å². The summed E-state index contributed by atoms with van der Waals surface area (Å²) in [6, 6.07) is 3.73. The molecule has 1 aromatic heterocycles. The predicted molar refractivity (Wildman–Crippen MR) is 48.5 cm³/mol. The highest BCUT2D eigenvalue weighted by Gasteiger charge is 2.07. The molecule has 0 saturated carbocycles. The summed E-state index contributed by atoms with van der Waals surface area (Å²) >= 11 is 0. The van der Waals surface area contributed by atoms with Crippen LogP contribution >= 0.6 is 0 Å². The van der Waals surface area contributed by atoms with Gasteiger partial charge in [-0.2, -0.15) is 0 Å². The first-order valence-electron chi connectivity index (χ1n) is 3.97. The van der Waals surface area contributed by atoms with Gasteiger partial charge in [0.2, 0.25) is 0 Å². The monoisotopic (exact) mass is 183 g/mol. The van der Waals surface area contributed by atoms with E-state index in [1.807, 2.05) is 19.1 Å². The highest BCUT2D eigenvalue weighted by atomic mass is 16.4. The number of nitrogens with one attached hydrogen (secondary N) is 1. The second kappa shape index (κ2) is 4.51. The Morgan fingerprint density at radius 1 is 1.85 bits per heavy atom. The van der Waals surface area contributed by atoms with Crippen molar-refractivity contribution in [3.63, 3.8) is 0 Å². The number of nitrogens with two attached hydrogens (primary N) is 1. The Bertz CT molecular complexity index is 269. The van der Waals surface area contributed by atoms with Gasteiger partial charge in [0.15, 0.2) is 5.84 Å². The Hall–Kier alpha value is -1.49. The molecule has 4 N–H and O–H groups in total. The number of furan rings is 1. The first-order chi connectivity index (χ1) is 6.24. The van der Waals surface area contributed by atoms with Crippen molar-refractivity contribution in [3.05, 3.63) is 24.2 Å². The molecule has 5 nitrogen and oxygen atoms in total. The van der Waals surface area contributed by atoms with Crippen LogP contribution in [-0.4, -0.2) is 17.6 Å². The highest BCUT2D eigenvalue weighted by Crippen LogP contribution is 2.11. The van der Waals surface area contributed by atoms with Gasteiger partial charge in [0.25, 0.3) is 0 Å². The Morgan fingerprint density at radius 2 is 2.62 bits per heavy atom. The summed E-state index contributed by atoms with van der Waals surface area (Å²) < 4.78 is 5.16. The molecule has 0 radical (unpaired) electrons. The molecule has 0 fully saturated rings. The second-order valence-electron chi connectivity index (χ2n) is 2.71. The Balaban J connectivity index is 2.38. The molecular weight excluding hydrogens is 170 g/mol. The summed E-state index contributed by atoms with van der Waals surface area (Å²) in [5.41, 5.74) is 5.28. The minimum atomic E-state index is 0.0512. The van der Waals surface area contributed by atoms with E-state index in [0.29, 0.717) is 6.54 Å². The minimum Gasteiger partial charge on any atom is -0.468 e. The van der Waals surface area contributed by atoms with Crippen LogP contribution in [0.3, 0.4) is 0 Å². The maximum atomic E-state index is 8.28. The van der Waals surface area contributed by atoms with E-state index in [-0.39, 0.29) is 11.9 Å². The molecule has 0 aliphatic carbocycles. The lowest BCUT2D eigenvalue weighted by Crippen LogP contribution is -2.30. The highest BCUT2D eigenvalue weighted by molar-refractivity contribution is 5.81. The fourth-order valence-corrected chi connectivity index (χ4v) is 0.931.